The maximum absolute atomic E-state index is 11.8. The normalized spacial score (nSPS) is 24.8. The fraction of sp³-hybridized carbons (Fsp3) is 0.909. The van der Waals surface area contributed by atoms with E-state index in [-0.39, 0.29) is 6.04 Å². The molecule has 6 nitrogen and oxygen atoms in total. The minimum Gasteiger partial charge on any atom is -0.354 e. The molecular formula is C11H23N3O3S. The molecule has 0 atom stereocenters. The predicted molar refractivity (Wildman–Crippen MR) is 70.4 cm³/mol. The summed E-state index contributed by atoms with van der Waals surface area (Å²) in [5.74, 6) is -0.352. The molecule has 1 aliphatic carbocycles. The first kappa shape index (κ1) is 15.4. The molecule has 0 aromatic heterocycles. The van der Waals surface area contributed by atoms with E-state index in [1.165, 1.54) is 0 Å². The highest BCUT2D eigenvalue weighted by molar-refractivity contribution is 7.90. The van der Waals surface area contributed by atoms with Gasteiger partial charge in [-0.1, -0.05) is 6.92 Å². The average Bonchev–Trinajstić information content (AvgIpc) is 2.28. The molecule has 1 fully saturated rings. The van der Waals surface area contributed by atoms with Gasteiger partial charge in [-0.05, 0) is 31.6 Å². The molecule has 7 heteroatoms. The molecule has 0 saturated heterocycles. The van der Waals surface area contributed by atoms with Crippen LogP contribution in [0.2, 0.25) is 0 Å². The third kappa shape index (κ3) is 5.79. The summed E-state index contributed by atoms with van der Waals surface area (Å²) in [6.07, 6.45) is 3.77. The van der Waals surface area contributed by atoms with Gasteiger partial charge in [-0.3, -0.25) is 4.79 Å². The number of rotatable bonds is 6. The lowest BCUT2D eigenvalue weighted by Gasteiger charge is -2.26. The van der Waals surface area contributed by atoms with Crippen LogP contribution in [0.25, 0.3) is 0 Å². The van der Waals surface area contributed by atoms with Crippen LogP contribution >= 0.6 is 0 Å². The minimum absolute atomic E-state index is 0.0199. The van der Waals surface area contributed by atoms with Crippen LogP contribution in [0.1, 0.15) is 32.6 Å². The van der Waals surface area contributed by atoms with Crippen LogP contribution < -0.4 is 15.8 Å². The molecule has 0 aliphatic heterocycles. The van der Waals surface area contributed by atoms with Crippen molar-refractivity contribution < 1.29 is 13.2 Å². The number of hydrogen-bond donors (Lipinski definition) is 3. The summed E-state index contributed by atoms with van der Waals surface area (Å²) in [4.78, 5) is 11.3. The van der Waals surface area contributed by atoms with Crippen LogP contribution in [0.3, 0.4) is 0 Å². The third-order valence-electron chi connectivity index (χ3n) is 3.15. The molecule has 0 radical (unpaired) electrons. The second-order valence-corrected chi connectivity index (χ2v) is 6.73. The van der Waals surface area contributed by atoms with Crippen LogP contribution in [-0.4, -0.2) is 39.2 Å². The highest BCUT2D eigenvalue weighted by Crippen LogP contribution is 2.23. The van der Waals surface area contributed by atoms with Crippen molar-refractivity contribution in [2.45, 2.75) is 38.6 Å². The van der Waals surface area contributed by atoms with Crippen LogP contribution in [-0.2, 0) is 14.8 Å². The van der Waals surface area contributed by atoms with Crippen molar-refractivity contribution in [2.75, 3.05) is 18.8 Å². The summed E-state index contributed by atoms with van der Waals surface area (Å²) < 4.78 is 26.1. The number of carbonyl (C=O) groups excluding carboxylic acids is 1. The predicted octanol–water partition coefficient (Wildman–Crippen LogP) is -0.441. The van der Waals surface area contributed by atoms with E-state index in [1.807, 2.05) is 0 Å². The Hall–Kier alpha value is -0.660. The molecule has 0 spiro atoms. The van der Waals surface area contributed by atoms with E-state index in [0.29, 0.717) is 19.0 Å². The Balaban J connectivity index is 2.37. The lowest BCUT2D eigenvalue weighted by Crippen LogP contribution is -2.43. The monoisotopic (exact) mass is 277 g/mol. The number of nitrogens with two attached hydrogens (primary N) is 1. The summed E-state index contributed by atoms with van der Waals surface area (Å²) >= 11 is 0. The quantitative estimate of drug-likeness (QED) is 0.612. The van der Waals surface area contributed by atoms with E-state index in [9.17, 15) is 13.2 Å². The van der Waals surface area contributed by atoms with Crippen molar-refractivity contribution in [3.8, 4) is 0 Å². The van der Waals surface area contributed by atoms with Crippen LogP contribution in [0.15, 0.2) is 0 Å². The second-order valence-electron chi connectivity index (χ2n) is 4.97. The van der Waals surface area contributed by atoms with E-state index >= 15 is 0 Å². The van der Waals surface area contributed by atoms with Gasteiger partial charge < -0.3 is 11.1 Å². The Labute approximate surface area is 109 Å². The number of carbonyl (C=O) groups is 1. The van der Waals surface area contributed by atoms with Crippen molar-refractivity contribution in [3.05, 3.63) is 0 Å². The van der Waals surface area contributed by atoms with Gasteiger partial charge in [0, 0.05) is 19.1 Å². The summed E-state index contributed by atoms with van der Waals surface area (Å²) in [7, 11) is -3.53. The smallest absolute Gasteiger partial charge is 0.236 e. The van der Waals surface area contributed by atoms with Crippen LogP contribution in [0.4, 0.5) is 0 Å². The highest BCUT2D eigenvalue weighted by Gasteiger charge is 2.24. The lowest BCUT2D eigenvalue weighted by molar-refractivity contribution is -0.118. The van der Waals surface area contributed by atoms with Crippen molar-refractivity contribution in [2.24, 2.45) is 11.7 Å². The zero-order valence-electron chi connectivity index (χ0n) is 10.8. The SMILES string of the molecule is CC1CCC(NS(=O)(=O)CC(=O)NCCN)CC1. The molecular weight excluding hydrogens is 254 g/mol. The van der Waals surface area contributed by atoms with Gasteiger partial charge in [-0.25, -0.2) is 13.1 Å². The minimum atomic E-state index is -3.53. The van der Waals surface area contributed by atoms with Crippen molar-refractivity contribution in [1.29, 1.82) is 0 Å². The summed E-state index contributed by atoms with van der Waals surface area (Å²) in [6.45, 7) is 2.78. The van der Waals surface area contributed by atoms with E-state index in [4.69, 9.17) is 5.73 Å². The Morgan fingerprint density at radius 1 is 1.28 bits per heavy atom. The van der Waals surface area contributed by atoms with Gasteiger partial charge in [0.25, 0.3) is 0 Å². The summed E-state index contributed by atoms with van der Waals surface area (Å²) in [5.41, 5.74) is 5.22. The summed E-state index contributed by atoms with van der Waals surface area (Å²) in [5, 5.41) is 2.45. The van der Waals surface area contributed by atoms with Gasteiger partial charge in [-0.2, -0.15) is 0 Å². The molecule has 18 heavy (non-hydrogen) atoms. The Bertz CT molecular complexity index is 362. The molecule has 0 heterocycles. The standard InChI is InChI=1S/C11H23N3O3S/c1-9-2-4-10(5-3-9)14-18(16,17)8-11(15)13-7-6-12/h9-10,14H,2-8,12H2,1H3,(H,13,15). The van der Waals surface area contributed by atoms with Gasteiger partial charge in [0.1, 0.15) is 5.75 Å². The van der Waals surface area contributed by atoms with E-state index in [2.05, 4.69) is 17.0 Å². The van der Waals surface area contributed by atoms with Crippen LogP contribution in [0, 0.1) is 5.92 Å². The molecule has 4 N–H and O–H groups in total. The summed E-state index contributed by atoms with van der Waals surface area (Å²) in [6, 6.07) is -0.0199. The molecule has 1 aliphatic rings. The molecule has 106 valence electrons. The number of amides is 1. The van der Waals surface area contributed by atoms with Crippen molar-refractivity contribution in [1.82, 2.24) is 10.0 Å². The first-order valence-corrected chi connectivity index (χ1v) is 8.05. The second kappa shape index (κ2) is 7.06. The molecule has 1 amide bonds. The molecule has 0 aromatic carbocycles. The Kier molecular flexibility index (Phi) is 6.04. The zero-order chi connectivity index (χ0) is 13.6. The van der Waals surface area contributed by atoms with Crippen LogP contribution in [0.5, 0.6) is 0 Å². The highest BCUT2D eigenvalue weighted by atomic mass is 32.2. The molecule has 1 rings (SSSR count). The average molecular weight is 277 g/mol. The third-order valence-corrected chi connectivity index (χ3v) is 4.48. The van der Waals surface area contributed by atoms with Crippen molar-refractivity contribution >= 4 is 15.9 Å². The van der Waals surface area contributed by atoms with Crippen molar-refractivity contribution in [3.63, 3.8) is 0 Å². The first-order chi connectivity index (χ1) is 8.43. The van der Waals surface area contributed by atoms with Gasteiger partial charge >= 0.3 is 0 Å². The van der Waals surface area contributed by atoms with Gasteiger partial charge in [0.2, 0.25) is 15.9 Å². The van der Waals surface area contributed by atoms with Gasteiger partial charge in [-0.15, -0.1) is 0 Å². The fourth-order valence-electron chi connectivity index (χ4n) is 2.11. The number of nitrogens with one attached hydrogen (secondary N) is 2. The number of hydrogen-bond acceptors (Lipinski definition) is 4. The van der Waals surface area contributed by atoms with Gasteiger partial charge in [0.15, 0.2) is 0 Å². The molecule has 0 aromatic rings. The Morgan fingerprint density at radius 3 is 2.44 bits per heavy atom. The lowest BCUT2D eigenvalue weighted by atomic mass is 9.88. The maximum atomic E-state index is 11.8. The number of sulfonamides is 1. The molecule has 1 saturated carbocycles. The topological polar surface area (TPSA) is 101 Å². The van der Waals surface area contributed by atoms with Gasteiger partial charge in [0.05, 0.1) is 0 Å². The molecule has 0 unspecified atom stereocenters. The maximum Gasteiger partial charge on any atom is 0.236 e. The zero-order valence-corrected chi connectivity index (χ0v) is 11.6. The van der Waals surface area contributed by atoms with E-state index in [1.54, 1.807) is 0 Å². The largest absolute Gasteiger partial charge is 0.354 e. The fourth-order valence-corrected chi connectivity index (χ4v) is 3.38. The molecule has 0 bridgehead atoms. The van der Waals surface area contributed by atoms with E-state index < -0.39 is 21.7 Å². The Morgan fingerprint density at radius 2 is 1.89 bits per heavy atom. The first-order valence-electron chi connectivity index (χ1n) is 6.39. The van der Waals surface area contributed by atoms with E-state index in [0.717, 1.165) is 25.7 Å².